The minimum absolute atomic E-state index is 0.0115. The van der Waals surface area contributed by atoms with E-state index < -0.39 is 0 Å². The van der Waals surface area contributed by atoms with Gasteiger partial charge in [0.05, 0.1) is 6.04 Å². The molecule has 2 N–H and O–H groups in total. The van der Waals surface area contributed by atoms with Gasteiger partial charge in [0.2, 0.25) is 5.91 Å². The van der Waals surface area contributed by atoms with Crippen LogP contribution in [0.1, 0.15) is 20.8 Å². The van der Waals surface area contributed by atoms with Crippen molar-refractivity contribution < 1.29 is 9.53 Å². The van der Waals surface area contributed by atoms with E-state index in [1.165, 1.54) is 0 Å². The van der Waals surface area contributed by atoms with Gasteiger partial charge in [0, 0.05) is 17.1 Å². The highest BCUT2D eigenvalue weighted by atomic mass is 79.9. The van der Waals surface area contributed by atoms with Crippen molar-refractivity contribution in [1.29, 1.82) is 0 Å². The van der Waals surface area contributed by atoms with E-state index in [1.807, 2.05) is 45.0 Å². The smallest absolute Gasteiger partial charge is 0.237 e. The lowest BCUT2D eigenvalue weighted by molar-refractivity contribution is -0.123. The van der Waals surface area contributed by atoms with E-state index in [1.54, 1.807) is 0 Å². The van der Waals surface area contributed by atoms with Crippen LogP contribution < -0.4 is 15.4 Å². The van der Waals surface area contributed by atoms with Gasteiger partial charge in [-0.3, -0.25) is 4.79 Å². The summed E-state index contributed by atoms with van der Waals surface area (Å²) in [5.41, 5.74) is 0. The normalized spacial score (nSPS) is 12.3. The molecule has 1 atom stereocenters. The van der Waals surface area contributed by atoms with Crippen LogP contribution in [-0.4, -0.2) is 31.1 Å². The van der Waals surface area contributed by atoms with Crippen molar-refractivity contribution >= 4 is 21.8 Å². The fourth-order valence-corrected chi connectivity index (χ4v) is 1.88. The molecule has 1 aromatic rings. The lowest BCUT2D eigenvalue weighted by Gasteiger charge is -2.16. The second-order valence-electron chi connectivity index (χ2n) is 4.64. The van der Waals surface area contributed by atoms with E-state index in [4.69, 9.17) is 4.74 Å². The maximum absolute atomic E-state index is 11.6. The topological polar surface area (TPSA) is 50.4 Å². The maximum Gasteiger partial charge on any atom is 0.237 e. The molecule has 0 aliphatic carbocycles. The second kappa shape index (κ2) is 8.17. The summed E-state index contributed by atoms with van der Waals surface area (Å²) in [4.78, 5) is 11.6. The van der Waals surface area contributed by atoms with E-state index in [0.717, 1.165) is 10.2 Å². The van der Waals surface area contributed by atoms with Crippen molar-refractivity contribution in [3.05, 3.63) is 28.7 Å². The molecular weight excluding hydrogens is 308 g/mol. The van der Waals surface area contributed by atoms with Crippen LogP contribution in [0, 0.1) is 0 Å². The molecule has 0 bridgehead atoms. The first-order valence-electron chi connectivity index (χ1n) is 6.41. The molecule has 5 heteroatoms. The Morgan fingerprint density at radius 1 is 1.37 bits per heavy atom. The molecule has 0 spiro atoms. The summed E-state index contributed by atoms with van der Waals surface area (Å²) in [6.45, 7) is 6.88. The van der Waals surface area contributed by atoms with Crippen molar-refractivity contribution in [3.8, 4) is 5.75 Å². The van der Waals surface area contributed by atoms with Gasteiger partial charge in [0.25, 0.3) is 0 Å². The van der Waals surface area contributed by atoms with Crippen LogP contribution in [-0.2, 0) is 4.79 Å². The van der Waals surface area contributed by atoms with Crippen LogP contribution in [0.15, 0.2) is 28.7 Å². The van der Waals surface area contributed by atoms with Gasteiger partial charge in [0.15, 0.2) is 0 Å². The average molecular weight is 329 g/mol. The van der Waals surface area contributed by atoms with E-state index in [-0.39, 0.29) is 18.0 Å². The summed E-state index contributed by atoms with van der Waals surface area (Å²) in [6.07, 6.45) is 0. The fourth-order valence-electron chi connectivity index (χ4n) is 1.50. The summed E-state index contributed by atoms with van der Waals surface area (Å²) in [7, 11) is 0. The molecule has 0 aromatic heterocycles. The third-order valence-corrected chi connectivity index (χ3v) is 2.93. The van der Waals surface area contributed by atoms with E-state index in [9.17, 15) is 4.79 Å². The van der Waals surface area contributed by atoms with Gasteiger partial charge in [0.1, 0.15) is 12.4 Å². The number of hydrogen-bond acceptors (Lipinski definition) is 3. The Kier molecular flexibility index (Phi) is 6.87. The molecule has 1 amide bonds. The van der Waals surface area contributed by atoms with Gasteiger partial charge < -0.3 is 15.4 Å². The standard InChI is InChI=1S/C14H21BrN2O2/c1-10(2)17-14(18)11(3)16-7-8-19-13-6-4-5-12(15)9-13/h4-6,9-11,16H,7-8H2,1-3H3,(H,17,18). The Hall–Kier alpha value is -1.07. The maximum atomic E-state index is 11.6. The SMILES string of the molecule is CC(C)NC(=O)C(C)NCCOc1cccc(Br)c1. The fraction of sp³-hybridized carbons (Fsp3) is 0.500. The number of hydrogen-bond donors (Lipinski definition) is 2. The van der Waals surface area contributed by atoms with Crippen molar-refractivity contribution in [3.63, 3.8) is 0 Å². The summed E-state index contributed by atoms with van der Waals surface area (Å²) < 4.78 is 6.56. The van der Waals surface area contributed by atoms with Gasteiger partial charge in [-0.2, -0.15) is 0 Å². The number of halogens is 1. The molecule has 0 saturated carbocycles. The van der Waals surface area contributed by atoms with Crippen molar-refractivity contribution in [2.24, 2.45) is 0 Å². The molecule has 0 aliphatic rings. The highest BCUT2D eigenvalue weighted by molar-refractivity contribution is 9.10. The third kappa shape index (κ3) is 6.59. The number of rotatable bonds is 7. The van der Waals surface area contributed by atoms with Gasteiger partial charge in [-0.25, -0.2) is 0 Å². The van der Waals surface area contributed by atoms with Crippen LogP contribution in [0.5, 0.6) is 5.75 Å². The van der Waals surface area contributed by atoms with Crippen LogP contribution >= 0.6 is 15.9 Å². The van der Waals surface area contributed by atoms with Crippen molar-refractivity contribution in [2.45, 2.75) is 32.9 Å². The van der Waals surface area contributed by atoms with Gasteiger partial charge in [-0.1, -0.05) is 22.0 Å². The second-order valence-corrected chi connectivity index (χ2v) is 5.56. The monoisotopic (exact) mass is 328 g/mol. The van der Waals surface area contributed by atoms with Gasteiger partial charge >= 0.3 is 0 Å². The highest BCUT2D eigenvalue weighted by Gasteiger charge is 2.12. The number of amides is 1. The van der Waals surface area contributed by atoms with Crippen LogP contribution in [0.3, 0.4) is 0 Å². The molecule has 4 nitrogen and oxygen atoms in total. The van der Waals surface area contributed by atoms with E-state index in [2.05, 4.69) is 26.6 Å². The largest absolute Gasteiger partial charge is 0.492 e. The first-order valence-corrected chi connectivity index (χ1v) is 7.20. The Bertz CT molecular complexity index is 410. The average Bonchev–Trinajstić information content (AvgIpc) is 2.33. The lowest BCUT2D eigenvalue weighted by atomic mass is 10.3. The molecule has 19 heavy (non-hydrogen) atoms. The Balaban J connectivity index is 2.22. The number of ether oxygens (including phenoxy) is 1. The van der Waals surface area contributed by atoms with Gasteiger partial charge in [-0.05, 0) is 39.0 Å². The molecule has 1 unspecified atom stereocenters. The van der Waals surface area contributed by atoms with Crippen LogP contribution in [0.25, 0.3) is 0 Å². The minimum atomic E-state index is -0.214. The summed E-state index contributed by atoms with van der Waals surface area (Å²) in [6, 6.07) is 7.63. The minimum Gasteiger partial charge on any atom is -0.492 e. The van der Waals surface area contributed by atoms with Crippen LogP contribution in [0.4, 0.5) is 0 Å². The zero-order valence-corrected chi connectivity index (χ0v) is 13.2. The molecule has 0 radical (unpaired) electrons. The molecule has 0 fully saturated rings. The number of carbonyl (C=O) groups excluding carboxylic acids is 1. The van der Waals surface area contributed by atoms with Crippen LogP contribution in [0.2, 0.25) is 0 Å². The van der Waals surface area contributed by atoms with Gasteiger partial charge in [-0.15, -0.1) is 0 Å². The predicted molar refractivity (Wildman–Crippen MR) is 80.4 cm³/mol. The van der Waals surface area contributed by atoms with E-state index >= 15 is 0 Å². The molecule has 0 heterocycles. The van der Waals surface area contributed by atoms with E-state index in [0.29, 0.717) is 13.2 Å². The zero-order chi connectivity index (χ0) is 14.3. The Morgan fingerprint density at radius 3 is 2.74 bits per heavy atom. The third-order valence-electron chi connectivity index (χ3n) is 2.44. The molecule has 0 aliphatic heterocycles. The number of benzene rings is 1. The number of carbonyl (C=O) groups is 1. The van der Waals surface area contributed by atoms with Crippen molar-refractivity contribution in [2.75, 3.05) is 13.2 Å². The predicted octanol–water partition coefficient (Wildman–Crippen LogP) is 2.33. The Labute approximate surface area is 123 Å². The summed E-state index contributed by atoms with van der Waals surface area (Å²) in [5.74, 6) is 0.827. The molecular formula is C14H21BrN2O2. The summed E-state index contributed by atoms with van der Waals surface area (Å²) in [5, 5.41) is 5.98. The highest BCUT2D eigenvalue weighted by Crippen LogP contribution is 2.17. The molecule has 106 valence electrons. The molecule has 1 aromatic carbocycles. The zero-order valence-electron chi connectivity index (χ0n) is 11.6. The number of nitrogens with one attached hydrogen (secondary N) is 2. The first-order chi connectivity index (χ1) is 8.99. The van der Waals surface area contributed by atoms with Crippen molar-refractivity contribution in [1.82, 2.24) is 10.6 Å². The lowest BCUT2D eigenvalue weighted by Crippen LogP contribution is -2.45. The quantitative estimate of drug-likeness (QED) is 0.755. The first kappa shape index (κ1) is 16.0. The Morgan fingerprint density at radius 2 is 2.11 bits per heavy atom. The molecule has 1 rings (SSSR count). The summed E-state index contributed by atoms with van der Waals surface area (Å²) >= 11 is 3.39. The molecule has 0 saturated heterocycles.